The number of hydrogen-bond acceptors (Lipinski definition) is 5. The van der Waals surface area contributed by atoms with Crippen LogP contribution in [-0.4, -0.2) is 61.2 Å². The number of amides is 2. The summed E-state index contributed by atoms with van der Waals surface area (Å²) in [6, 6.07) is 14.6. The molecule has 0 aromatic heterocycles. The number of para-hydroxylation sites is 1. The van der Waals surface area contributed by atoms with Crippen LogP contribution in [-0.2, 0) is 14.3 Å². The summed E-state index contributed by atoms with van der Waals surface area (Å²) in [5.41, 5.74) is 3.45. The SMILES string of the molecule is Cc1ccccc1NC(=O)C[C@H]1C(=O)N(c2ccc(N(C)C)cc2)C(=S)N1C[C@@H]1CCCO1. The van der Waals surface area contributed by atoms with Crippen LogP contribution in [0.5, 0.6) is 0 Å². The van der Waals surface area contributed by atoms with Crippen molar-refractivity contribution in [2.45, 2.75) is 38.3 Å². The number of nitrogens with one attached hydrogen (secondary N) is 1. The Bertz CT molecular complexity index is 1030. The first-order valence-corrected chi connectivity index (χ1v) is 11.6. The molecular formula is C25H30N4O3S. The normalized spacial score (nSPS) is 20.5. The Morgan fingerprint density at radius 1 is 1.18 bits per heavy atom. The van der Waals surface area contributed by atoms with Gasteiger partial charge in [0.25, 0.3) is 5.91 Å². The van der Waals surface area contributed by atoms with Gasteiger partial charge in [0.05, 0.1) is 18.2 Å². The highest BCUT2D eigenvalue weighted by Gasteiger charge is 2.45. The summed E-state index contributed by atoms with van der Waals surface area (Å²) in [7, 11) is 3.93. The van der Waals surface area contributed by atoms with Gasteiger partial charge in [0.15, 0.2) is 5.11 Å². The van der Waals surface area contributed by atoms with Gasteiger partial charge in [-0.3, -0.25) is 14.5 Å². The molecule has 2 fully saturated rings. The number of anilines is 3. The van der Waals surface area contributed by atoms with E-state index in [9.17, 15) is 9.59 Å². The standard InChI is InChI=1S/C25H30N4O3S/c1-17-7-4-5-9-21(17)26-23(30)15-22-24(31)29(19-12-10-18(11-13-19)27(2)3)25(33)28(22)16-20-8-6-14-32-20/h4-5,7,9-13,20,22H,6,8,14-16H2,1-3H3,(H,26,30)/t20-,22-/m0/s1. The van der Waals surface area contributed by atoms with Crippen LogP contribution in [0.2, 0.25) is 0 Å². The van der Waals surface area contributed by atoms with E-state index in [2.05, 4.69) is 5.32 Å². The molecule has 2 aliphatic heterocycles. The lowest BCUT2D eigenvalue weighted by atomic mass is 10.1. The van der Waals surface area contributed by atoms with E-state index in [0.29, 0.717) is 24.0 Å². The van der Waals surface area contributed by atoms with E-state index in [0.717, 1.165) is 29.8 Å². The van der Waals surface area contributed by atoms with Crippen molar-refractivity contribution < 1.29 is 14.3 Å². The van der Waals surface area contributed by atoms with Gasteiger partial charge in [0.1, 0.15) is 6.04 Å². The molecule has 33 heavy (non-hydrogen) atoms. The summed E-state index contributed by atoms with van der Waals surface area (Å²) < 4.78 is 5.81. The Morgan fingerprint density at radius 3 is 2.55 bits per heavy atom. The van der Waals surface area contributed by atoms with E-state index in [1.165, 1.54) is 0 Å². The van der Waals surface area contributed by atoms with Crippen molar-refractivity contribution in [3.8, 4) is 0 Å². The van der Waals surface area contributed by atoms with E-state index in [1.807, 2.05) is 79.3 Å². The van der Waals surface area contributed by atoms with Crippen LogP contribution in [0.15, 0.2) is 48.5 Å². The Balaban J connectivity index is 1.56. The van der Waals surface area contributed by atoms with Gasteiger partial charge in [-0.15, -0.1) is 0 Å². The molecule has 7 nitrogen and oxygen atoms in total. The number of hydrogen-bond donors (Lipinski definition) is 1. The highest BCUT2D eigenvalue weighted by Crippen LogP contribution is 2.30. The van der Waals surface area contributed by atoms with Crippen molar-refractivity contribution in [1.82, 2.24) is 4.90 Å². The molecule has 2 saturated heterocycles. The average Bonchev–Trinajstić information content (AvgIpc) is 3.38. The zero-order valence-corrected chi connectivity index (χ0v) is 20.1. The third kappa shape index (κ3) is 5.02. The van der Waals surface area contributed by atoms with Crippen molar-refractivity contribution in [3.63, 3.8) is 0 Å². The molecule has 4 rings (SSSR count). The molecule has 2 atom stereocenters. The maximum atomic E-state index is 13.5. The highest BCUT2D eigenvalue weighted by atomic mass is 32.1. The number of carbonyl (C=O) groups excluding carboxylic acids is 2. The molecule has 8 heteroatoms. The van der Waals surface area contributed by atoms with E-state index in [1.54, 1.807) is 4.90 Å². The molecule has 2 amide bonds. The molecule has 0 bridgehead atoms. The van der Waals surface area contributed by atoms with Crippen molar-refractivity contribution in [2.24, 2.45) is 0 Å². The van der Waals surface area contributed by atoms with Crippen molar-refractivity contribution in [3.05, 3.63) is 54.1 Å². The lowest BCUT2D eigenvalue weighted by Crippen LogP contribution is -2.42. The minimum atomic E-state index is -0.667. The van der Waals surface area contributed by atoms with Gasteiger partial charge in [0.2, 0.25) is 5.91 Å². The number of benzene rings is 2. The summed E-state index contributed by atoms with van der Waals surface area (Å²) >= 11 is 5.75. The maximum Gasteiger partial charge on any atom is 0.256 e. The van der Waals surface area contributed by atoms with Gasteiger partial charge < -0.3 is 19.9 Å². The quantitative estimate of drug-likeness (QED) is 0.630. The predicted octanol–water partition coefficient (Wildman–Crippen LogP) is 3.57. The smallest absolute Gasteiger partial charge is 0.256 e. The first-order valence-electron chi connectivity index (χ1n) is 11.2. The Hall–Kier alpha value is -2.97. The molecule has 2 heterocycles. The van der Waals surface area contributed by atoms with Gasteiger partial charge in [-0.2, -0.15) is 0 Å². The van der Waals surface area contributed by atoms with Crippen LogP contribution in [0.1, 0.15) is 24.8 Å². The van der Waals surface area contributed by atoms with Gasteiger partial charge in [-0.05, 0) is 67.9 Å². The number of nitrogens with zero attached hydrogens (tertiary/aromatic N) is 3. The predicted molar refractivity (Wildman–Crippen MR) is 135 cm³/mol. The first-order chi connectivity index (χ1) is 15.8. The van der Waals surface area contributed by atoms with Gasteiger partial charge >= 0.3 is 0 Å². The van der Waals surface area contributed by atoms with Gasteiger partial charge in [-0.1, -0.05) is 18.2 Å². The third-order valence-corrected chi connectivity index (χ3v) is 6.58. The number of rotatable bonds is 7. The number of ether oxygens (including phenoxy) is 1. The van der Waals surface area contributed by atoms with Gasteiger partial charge in [-0.25, -0.2) is 0 Å². The molecule has 0 spiro atoms. The van der Waals surface area contributed by atoms with Crippen LogP contribution < -0.4 is 15.1 Å². The van der Waals surface area contributed by atoms with Crippen molar-refractivity contribution >= 4 is 46.2 Å². The lowest BCUT2D eigenvalue weighted by molar-refractivity contribution is -0.124. The summed E-state index contributed by atoms with van der Waals surface area (Å²) in [5, 5.41) is 3.36. The first kappa shape index (κ1) is 23.2. The molecule has 0 unspecified atom stereocenters. The molecule has 0 radical (unpaired) electrons. The second-order valence-corrected chi connectivity index (χ2v) is 9.10. The fourth-order valence-electron chi connectivity index (χ4n) is 4.28. The van der Waals surface area contributed by atoms with Crippen LogP contribution in [0, 0.1) is 6.92 Å². The van der Waals surface area contributed by atoms with Crippen LogP contribution in [0.4, 0.5) is 17.1 Å². The number of carbonyl (C=O) groups is 2. The molecular weight excluding hydrogens is 436 g/mol. The second-order valence-electron chi connectivity index (χ2n) is 8.74. The number of aryl methyl sites for hydroxylation is 1. The number of thiocarbonyl (C=S) groups is 1. The minimum Gasteiger partial charge on any atom is -0.378 e. The van der Waals surface area contributed by atoms with Crippen molar-refractivity contribution in [1.29, 1.82) is 0 Å². The van der Waals surface area contributed by atoms with E-state index in [4.69, 9.17) is 17.0 Å². The van der Waals surface area contributed by atoms with Gasteiger partial charge in [0, 0.05) is 38.6 Å². The molecule has 2 aliphatic rings. The van der Waals surface area contributed by atoms with E-state index >= 15 is 0 Å². The molecule has 0 aliphatic carbocycles. The second kappa shape index (κ2) is 9.89. The van der Waals surface area contributed by atoms with Crippen LogP contribution in [0.3, 0.4) is 0 Å². The molecule has 0 saturated carbocycles. The lowest BCUT2D eigenvalue weighted by Gasteiger charge is -2.26. The van der Waals surface area contributed by atoms with Crippen LogP contribution >= 0.6 is 12.2 Å². The fraction of sp³-hybridized carbons (Fsp3) is 0.400. The minimum absolute atomic E-state index is 0.00810. The molecule has 1 N–H and O–H groups in total. The Labute approximate surface area is 200 Å². The molecule has 2 aromatic carbocycles. The zero-order chi connectivity index (χ0) is 23.5. The van der Waals surface area contributed by atoms with E-state index in [-0.39, 0.29) is 24.3 Å². The fourth-order valence-corrected chi connectivity index (χ4v) is 4.67. The highest BCUT2D eigenvalue weighted by molar-refractivity contribution is 7.80. The Morgan fingerprint density at radius 2 is 1.91 bits per heavy atom. The Kier molecular flexibility index (Phi) is 6.95. The molecule has 2 aromatic rings. The monoisotopic (exact) mass is 466 g/mol. The largest absolute Gasteiger partial charge is 0.378 e. The van der Waals surface area contributed by atoms with E-state index < -0.39 is 6.04 Å². The third-order valence-electron chi connectivity index (χ3n) is 6.17. The zero-order valence-electron chi connectivity index (χ0n) is 19.3. The topological polar surface area (TPSA) is 65.1 Å². The summed E-state index contributed by atoms with van der Waals surface area (Å²) in [4.78, 5) is 31.9. The van der Waals surface area contributed by atoms with Crippen LogP contribution in [0.25, 0.3) is 0 Å². The summed E-state index contributed by atoms with van der Waals surface area (Å²) in [6.07, 6.45) is 1.95. The summed E-state index contributed by atoms with van der Waals surface area (Å²) in [5.74, 6) is -0.400. The summed E-state index contributed by atoms with van der Waals surface area (Å²) in [6.45, 7) is 3.15. The molecule has 174 valence electrons. The average molecular weight is 467 g/mol. The maximum absolute atomic E-state index is 13.5. The van der Waals surface area contributed by atoms with Crippen molar-refractivity contribution in [2.75, 3.05) is 42.4 Å².